The average Bonchev–Trinajstić information content (AvgIpc) is 3.08. The third-order valence-corrected chi connectivity index (χ3v) is 7.52. The highest BCUT2D eigenvalue weighted by Gasteiger charge is 2.41. The van der Waals surface area contributed by atoms with Gasteiger partial charge in [-0.1, -0.05) is 56.2 Å². The molecule has 5 rings (SSSR count). The summed E-state index contributed by atoms with van der Waals surface area (Å²) in [6.45, 7) is 2.11. The molecule has 196 valence electrons. The van der Waals surface area contributed by atoms with E-state index >= 15 is 0 Å². The van der Waals surface area contributed by atoms with Crippen LogP contribution in [0.1, 0.15) is 68.5 Å². The summed E-state index contributed by atoms with van der Waals surface area (Å²) in [5.74, 6) is 0.359. The van der Waals surface area contributed by atoms with Crippen LogP contribution in [0.25, 0.3) is 0 Å². The Bertz CT molecular complexity index is 1350. The topological polar surface area (TPSA) is 58.6 Å². The maximum atomic E-state index is 14.0. The summed E-state index contributed by atoms with van der Waals surface area (Å²) in [7, 11) is 1.63. The molecule has 1 amide bonds. The van der Waals surface area contributed by atoms with Crippen LogP contribution in [-0.4, -0.2) is 18.8 Å². The van der Waals surface area contributed by atoms with Crippen molar-refractivity contribution in [2.45, 2.75) is 57.4 Å². The van der Waals surface area contributed by atoms with Crippen molar-refractivity contribution in [2.24, 2.45) is 0 Å². The van der Waals surface area contributed by atoms with Crippen molar-refractivity contribution in [3.63, 3.8) is 0 Å². The van der Waals surface area contributed by atoms with E-state index in [4.69, 9.17) is 4.74 Å². The second-order valence-corrected chi connectivity index (χ2v) is 10.0. The fourth-order valence-electron chi connectivity index (χ4n) is 5.58. The fourth-order valence-corrected chi connectivity index (χ4v) is 5.58. The van der Waals surface area contributed by atoms with Crippen LogP contribution < -0.4 is 15.0 Å². The van der Waals surface area contributed by atoms with E-state index in [2.05, 4.69) is 12.2 Å². The lowest BCUT2D eigenvalue weighted by atomic mass is 9.78. The van der Waals surface area contributed by atoms with Gasteiger partial charge in [-0.3, -0.25) is 14.5 Å². The monoisotopic (exact) mass is 512 g/mol. The Morgan fingerprint density at radius 1 is 0.974 bits per heavy atom. The van der Waals surface area contributed by atoms with Crippen molar-refractivity contribution in [1.29, 1.82) is 0 Å². The molecule has 0 saturated heterocycles. The van der Waals surface area contributed by atoms with Crippen molar-refractivity contribution >= 4 is 23.1 Å². The highest BCUT2D eigenvalue weighted by Crippen LogP contribution is 2.47. The smallest absolute Gasteiger partial charge is 0.227 e. The number of amides is 1. The zero-order valence-electron chi connectivity index (χ0n) is 21.9. The summed E-state index contributed by atoms with van der Waals surface area (Å²) >= 11 is 0. The molecule has 0 saturated carbocycles. The van der Waals surface area contributed by atoms with Gasteiger partial charge in [0.1, 0.15) is 11.6 Å². The summed E-state index contributed by atoms with van der Waals surface area (Å²) in [5.41, 5.74) is 4.70. The molecule has 1 aliphatic carbocycles. The molecule has 6 heteroatoms. The summed E-state index contributed by atoms with van der Waals surface area (Å²) in [6, 6.07) is 21.1. The summed E-state index contributed by atoms with van der Waals surface area (Å²) in [6.07, 6.45) is 4.07. The van der Waals surface area contributed by atoms with Gasteiger partial charge in [-0.15, -0.1) is 0 Å². The summed E-state index contributed by atoms with van der Waals surface area (Å²) in [4.78, 5) is 29.6. The predicted octanol–water partition coefficient (Wildman–Crippen LogP) is 7.32. The van der Waals surface area contributed by atoms with Crippen LogP contribution in [0.5, 0.6) is 5.75 Å². The maximum Gasteiger partial charge on any atom is 0.227 e. The molecule has 1 N–H and O–H groups in total. The highest BCUT2D eigenvalue weighted by atomic mass is 19.1. The molecule has 3 aromatic carbocycles. The third-order valence-electron chi connectivity index (χ3n) is 7.52. The minimum absolute atomic E-state index is 0.00643. The average molecular weight is 513 g/mol. The second-order valence-electron chi connectivity index (χ2n) is 10.0. The summed E-state index contributed by atoms with van der Waals surface area (Å²) < 4.78 is 19.3. The first-order valence-electron chi connectivity index (χ1n) is 13.3. The number of para-hydroxylation sites is 2. The molecule has 2 unspecified atom stereocenters. The lowest BCUT2D eigenvalue weighted by Gasteiger charge is -2.35. The van der Waals surface area contributed by atoms with Crippen molar-refractivity contribution < 1.29 is 18.7 Å². The summed E-state index contributed by atoms with van der Waals surface area (Å²) in [5, 5.41) is 3.54. The largest absolute Gasteiger partial charge is 0.497 e. The van der Waals surface area contributed by atoms with Crippen LogP contribution in [0.3, 0.4) is 0 Å². The van der Waals surface area contributed by atoms with Crippen LogP contribution in [0.15, 0.2) is 84.1 Å². The number of ether oxygens (including phenoxy) is 1. The van der Waals surface area contributed by atoms with E-state index in [1.807, 2.05) is 48.5 Å². The number of nitrogens with zero attached hydrogens (tertiary/aromatic N) is 1. The molecule has 3 aromatic rings. The first-order valence-corrected chi connectivity index (χ1v) is 13.3. The number of unbranched alkanes of at least 4 members (excludes halogenated alkanes) is 2. The van der Waals surface area contributed by atoms with Crippen LogP contribution in [-0.2, 0) is 9.59 Å². The van der Waals surface area contributed by atoms with Gasteiger partial charge < -0.3 is 10.1 Å². The Labute approximate surface area is 223 Å². The lowest BCUT2D eigenvalue weighted by Crippen LogP contribution is -2.38. The zero-order valence-corrected chi connectivity index (χ0v) is 21.9. The van der Waals surface area contributed by atoms with Crippen LogP contribution in [0.4, 0.5) is 15.8 Å². The SMILES string of the molecule is CCCCCC(=O)N1c2ccccc2NC2=C(C(=O)CC(c3ccc(OC)cc3)C2)C1c1ccc(F)cc1. The molecule has 0 bridgehead atoms. The number of hydrogen-bond donors (Lipinski definition) is 1. The van der Waals surface area contributed by atoms with Gasteiger partial charge in [-0.2, -0.15) is 0 Å². The van der Waals surface area contributed by atoms with Crippen molar-refractivity contribution in [2.75, 3.05) is 17.3 Å². The number of halogens is 1. The number of carbonyl (C=O) groups excluding carboxylic acids is 2. The molecule has 2 aliphatic rings. The minimum Gasteiger partial charge on any atom is -0.497 e. The van der Waals surface area contributed by atoms with E-state index in [1.54, 1.807) is 24.1 Å². The molecule has 0 radical (unpaired) electrons. The minimum atomic E-state index is -0.639. The van der Waals surface area contributed by atoms with Gasteiger partial charge in [0, 0.05) is 24.1 Å². The molecule has 1 aliphatic heterocycles. The van der Waals surface area contributed by atoms with E-state index in [0.717, 1.165) is 53.2 Å². The van der Waals surface area contributed by atoms with E-state index in [1.165, 1.54) is 12.1 Å². The number of rotatable bonds is 7. The molecule has 1 heterocycles. The normalized spacial score (nSPS) is 18.8. The van der Waals surface area contributed by atoms with E-state index in [-0.39, 0.29) is 23.4 Å². The van der Waals surface area contributed by atoms with Gasteiger partial charge >= 0.3 is 0 Å². The molecule has 0 spiro atoms. The number of fused-ring (bicyclic) bond motifs is 1. The van der Waals surface area contributed by atoms with Crippen LogP contribution >= 0.6 is 0 Å². The van der Waals surface area contributed by atoms with Crippen LogP contribution in [0, 0.1) is 5.82 Å². The molecule has 0 fully saturated rings. The predicted molar refractivity (Wildman–Crippen MR) is 148 cm³/mol. The number of anilines is 2. The van der Waals surface area contributed by atoms with Gasteiger partial charge in [-0.05, 0) is 66.3 Å². The quantitative estimate of drug-likeness (QED) is 0.337. The number of benzene rings is 3. The maximum absolute atomic E-state index is 14.0. The zero-order chi connectivity index (χ0) is 26.6. The van der Waals surface area contributed by atoms with E-state index in [0.29, 0.717) is 24.8 Å². The lowest BCUT2D eigenvalue weighted by molar-refractivity contribution is -0.119. The number of Topliss-reactive ketones (excluding diaryl/α,β-unsaturated/α-hetero) is 1. The van der Waals surface area contributed by atoms with Gasteiger partial charge in [0.2, 0.25) is 5.91 Å². The molecular formula is C32H33FN2O3. The number of methoxy groups -OCH3 is 1. The Morgan fingerprint density at radius 2 is 1.68 bits per heavy atom. The number of carbonyl (C=O) groups is 2. The Hall–Kier alpha value is -3.93. The Kier molecular flexibility index (Phi) is 7.59. The van der Waals surface area contributed by atoms with Crippen LogP contribution in [0.2, 0.25) is 0 Å². The fraction of sp³-hybridized carbons (Fsp3) is 0.312. The number of nitrogens with one attached hydrogen (secondary N) is 1. The van der Waals surface area contributed by atoms with Crippen molar-refractivity contribution in [3.05, 3.63) is 101 Å². The third kappa shape index (κ3) is 5.08. The van der Waals surface area contributed by atoms with Gasteiger partial charge in [0.15, 0.2) is 5.78 Å². The standard InChI is InChI=1S/C32H33FN2O3/c1-3-4-5-10-30(37)35-28-9-7-6-8-26(28)34-27-19-23(21-13-17-25(38-2)18-14-21)20-29(36)31(27)32(35)22-11-15-24(33)16-12-22/h6-9,11-18,23,32,34H,3-5,10,19-20H2,1-2H3. The first-order chi connectivity index (χ1) is 18.5. The van der Waals surface area contributed by atoms with Gasteiger partial charge in [-0.25, -0.2) is 4.39 Å². The molecule has 2 atom stereocenters. The number of ketones is 1. The van der Waals surface area contributed by atoms with E-state index in [9.17, 15) is 14.0 Å². The molecule has 38 heavy (non-hydrogen) atoms. The second kappa shape index (κ2) is 11.2. The molecule has 0 aromatic heterocycles. The number of hydrogen-bond acceptors (Lipinski definition) is 4. The van der Waals surface area contributed by atoms with Crippen molar-refractivity contribution in [1.82, 2.24) is 0 Å². The molecule has 5 nitrogen and oxygen atoms in total. The van der Waals surface area contributed by atoms with Gasteiger partial charge in [0.05, 0.1) is 24.5 Å². The molecular weight excluding hydrogens is 479 g/mol. The van der Waals surface area contributed by atoms with Gasteiger partial charge in [0.25, 0.3) is 0 Å². The number of allylic oxidation sites excluding steroid dienone is 1. The Morgan fingerprint density at radius 3 is 2.39 bits per heavy atom. The van der Waals surface area contributed by atoms with E-state index < -0.39 is 6.04 Å². The van der Waals surface area contributed by atoms with Crippen molar-refractivity contribution in [3.8, 4) is 5.75 Å². The highest BCUT2D eigenvalue weighted by molar-refractivity contribution is 6.06. The Balaban J connectivity index is 1.63. The first kappa shape index (κ1) is 25.7.